The van der Waals surface area contributed by atoms with Crippen LogP contribution in [-0.4, -0.2) is 35.7 Å². The minimum Gasteiger partial charge on any atom is -0.392 e. The molecule has 40 heavy (non-hydrogen) atoms. The maximum absolute atomic E-state index is 13.7. The molecule has 1 atom stereocenters. The highest BCUT2D eigenvalue weighted by atomic mass is 35.5. The summed E-state index contributed by atoms with van der Waals surface area (Å²) < 4.78 is 81.0. The van der Waals surface area contributed by atoms with Crippen LogP contribution in [0.1, 0.15) is 37.5 Å². The standard InChI is InChI=1S/C27H25Cl2F6N3O2/c1-14(39)12-36-23-11-20(19-6-5-18(28)10-21(19)29)22(13-37-23)38(4)24(40)25(2,3)15-7-16(26(30,31)32)9-17(8-15)27(33,34)35/h5-11,13-14,39H,12H2,1-4H3,(H,36,37)/t14-/m0/s1. The smallest absolute Gasteiger partial charge is 0.392 e. The molecule has 0 radical (unpaired) electrons. The first-order valence-electron chi connectivity index (χ1n) is 11.8. The molecule has 0 saturated heterocycles. The molecule has 216 valence electrons. The van der Waals surface area contributed by atoms with Crippen LogP contribution in [-0.2, 0) is 22.6 Å². The number of carbonyl (C=O) groups is 1. The molecular formula is C27H25Cl2F6N3O2. The number of aliphatic hydroxyl groups excluding tert-OH is 1. The van der Waals surface area contributed by atoms with Crippen molar-refractivity contribution in [2.24, 2.45) is 0 Å². The number of anilines is 2. The number of aliphatic hydroxyl groups is 1. The van der Waals surface area contributed by atoms with Gasteiger partial charge in [0.1, 0.15) is 5.82 Å². The third kappa shape index (κ3) is 7.00. The Kier molecular flexibility index (Phi) is 9.03. The highest BCUT2D eigenvalue weighted by molar-refractivity contribution is 6.36. The molecule has 13 heteroatoms. The highest BCUT2D eigenvalue weighted by Gasteiger charge is 2.41. The van der Waals surface area contributed by atoms with Crippen molar-refractivity contribution in [3.63, 3.8) is 0 Å². The van der Waals surface area contributed by atoms with Crippen LogP contribution in [0.15, 0.2) is 48.7 Å². The lowest BCUT2D eigenvalue weighted by Crippen LogP contribution is -2.42. The molecule has 5 nitrogen and oxygen atoms in total. The number of benzene rings is 2. The zero-order valence-corrected chi connectivity index (χ0v) is 23.2. The Morgan fingerprint density at radius 2 is 1.50 bits per heavy atom. The minimum absolute atomic E-state index is 0.0112. The summed E-state index contributed by atoms with van der Waals surface area (Å²) in [6.45, 7) is 4.19. The average molecular weight is 608 g/mol. The zero-order valence-electron chi connectivity index (χ0n) is 21.7. The van der Waals surface area contributed by atoms with Gasteiger partial charge in [-0.25, -0.2) is 4.98 Å². The van der Waals surface area contributed by atoms with Crippen molar-refractivity contribution in [3.05, 3.63) is 75.4 Å². The van der Waals surface area contributed by atoms with Crippen LogP contribution in [0, 0.1) is 0 Å². The maximum atomic E-state index is 13.7. The number of likely N-dealkylation sites (N-methyl/N-ethyl adjacent to an activating group) is 1. The molecule has 0 saturated carbocycles. The molecule has 1 aromatic heterocycles. The van der Waals surface area contributed by atoms with E-state index in [2.05, 4.69) is 10.3 Å². The van der Waals surface area contributed by atoms with Crippen LogP contribution in [0.25, 0.3) is 11.1 Å². The van der Waals surface area contributed by atoms with Gasteiger partial charge in [-0.15, -0.1) is 0 Å². The van der Waals surface area contributed by atoms with Gasteiger partial charge in [-0.1, -0.05) is 29.3 Å². The van der Waals surface area contributed by atoms with E-state index in [1.165, 1.54) is 33.2 Å². The number of pyridine rings is 1. The number of carbonyl (C=O) groups excluding carboxylic acids is 1. The summed E-state index contributed by atoms with van der Waals surface area (Å²) in [5.41, 5.74) is -4.38. The number of hydrogen-bond acceptors (Lipinski definition) is 4. The number of nitrogens with one attached hydrogen (secondary N) is 1. The van der Waals surface area contributed by atoms with E-state index in [1.807, 2.05) is 0 Å². The van der Waals surface area contributed by atoms with Crippen molar-refractivity contribution in [2.45, 2.75) is 44.6 Å². The van der Waals surface area contributed by atoms with Gasteiger partial charge in [0, 0.05) is 34.8 Å². The molecule has 0 bridgehead atoms. The predicted octanol–water partition coefficient (Wildman–Crippen LogP) is 7.83. The largest absolute Gasteiger partial charge is 0.416 e. The van der Waals surface area contributed by atoms with Crippen molar-refractivity contribution >= 4 is 40.6 Å². The first-order valence-corrected chi connectivity index (χ1v) is 12.5. The van der Waals surface area contributed by atoms with Gasteiger partial charge in [0.25, 0.3) is 0 Å². The van der Waals surface area contributed by atoms with Crippen molar-refractivity contribution in [1.29, 1.82) is 0 Å². The molecule has 3 rings (SSSR count). The van der Waals surface area contributed by atoms with Gasteiger partial charge >= 0.3 is 12.4 Å². The Morgan fingerprint density at radius 1 is 0.950 bits per heavy atom. The summed E-state index contributed by atoms with van der Waals surface area (Å²) in [5.74, 6) is -0.490. The number of nitrogens with zero attached hydrogens (tertiary/aromatic N) is 2. The van der Waals surface area contributed by atoms with E-state index in [4.69, 9.17) is 23.2 Å². The van der Waals surface area contributed by atoms with Crippen LogP contribution in [0.2, 0.25) is 10.0 Å². The quantitative estimate of drug-likeness (QED) is 0.269. The molecule has 1 amide bonds. The Labute approximate surface area is 236 Å². The number of amides is 1. The summed E-state index contributed by atoms with van der Waals surface area (Å²) in [5, 5.41) is 13.1. The summed E-state index contributed by atoms with van der Waals surface area (Å²) in [6.07, 6.45) is -9.54. The molecular weight excluding hydrogens is 583 g/mol. The fourth-order valence-electron chi connectivity index (χ4n) is 3.96. The van der Waals surface area contributed by atoms with E-state index in [0.717, 1.165) is 4.90 Å². The van der Waals surface area contributed by atoms with Crippen molar-refractivity contribution < 1.29 is 36.2 Å². The summed E-state index contributed by atoms with van der Waals surface area (Å²) in [7, 11) is 1.33. The molecule has 0 spiro atoms. The molecule has 0 aliphatic rings. The van der Waals surface area contributed by atoms with Gasteiger partial charge in [-0.3, -0.25) is 4.79 Å². The minimum atomic E-state index is -5.07. The molecule has 3 aromatic rings. The number of hydrogen-bond donors (Lipinski definition) is 2. The Bertz CT molecular complexity index is 1380. The monoisotopic (exact) mass is 607 g/mol. The lowest BCUT2D eigenvalue weighted by Gasteiger charge is -2.32. The topological polar surface area (TPSA) is 65.5 Å². The van der Waals surface area contributed by atoms with Gasteiger partial charge < -0.3 is 15.3 Å². The van der Waals surface area contributed by atoms with E-state index in [9.17, 15) is 36.2 Å². The van der Waals surface area contributed by atoms with Gasteiger partial charge in [-0.05, 0) is 62.7 Å². The van der Waals surface area contributed by atoms with Crippen LogP contribution >= 0.6 is 23.2 Å². The van der Waals surface area contributed by atoms with Crippen molar-refractivity contribution in [1.82, 2.24) is 4.98 Å². The third-order valence-corrected chi connectivity index (χ3v) is 6.74. The van der Waals surface area contributed by atoms with Crippen LogP contribution in [0.4, 0.5) is 37.8 Å². The van der Waals surface area contributed by atoms with Gasteiger partial charge in [0.05, 0.1) is 34.5 Å². The van der Waals surface area contributed by atoms with E-state index in [0.29, 0.717) is 34.1 Å². The molecule has 2 aromatic carbocycles. The Morgan fingerprint density at radius 3 is 2.00 bits per heavy atom. The summed E-state index contributed by atoms with van der Waals surface area (Å²) >= 11 is 12.5. The number of halogens is 8. The second-order valence-electron chi connectivity index (χ2n) is 9.72. The Balaban J connectivity index is 2.14. The average Bonchev–Trinajstić information content (AvgIpc) is 2.85. The summed E-state index contributed by atoms with van der Waals surface area (Å²) in [4.78, 5) is 19.1. The van der Waals surface area contributed by atoms with Gasteiger partial charge in [0.15, 0.2) is 0 Å². The van der Waals surface area contributed by atoms with Crippen molar-refractivity contribution in [2.75, 3.05) is 23.8 Å². The lowest BCUT2D eigenvalue weighted by molar-refractivity contribution is -0.143. The lowest BCUT2D eigenvalue weighted by atomic mass is 9.81. The SMILES string of the molecule is C[C@H](O)CNc1cc(-c2ccc(Cl)cc2Cl)c(N(C)C(=O)C(C)(C)c2cc(C(F)(F)F)cc(C(F)(F)F)c2)cn1. The fraction of sp³-hybridized carbons (Fsp3) is 0.333. The predicted molar refractivity (Wildman–Crippen MR) is 143 cm³/mol. The van der Waals surface area contributed by atoms with Crippen molar-refractivity contribution in [3.8, 4) is 11.1 Å². The van der Waals surface area contributed by atoms with Gasteiger partial charge in [-0.2, -0.15) is 26.3 Å². The number of rotatable bonds is 7. The fourth-order valence-corrected chi connectivity index (χ4v) is 4.47. The molecule has 2 N–H and O–H groups in total. The van der Waals surface area contributed by atoms with E-state index >= 15 is 0 Å². The third-order valence-electron chi connectivity index (χ3n) is 6.19. The molecule has 1 heterocycles. The maximum Gasteiger partial charge on any atom is 0.416 e. The normalized spacial score (nSPS) is 13.2. The summed E-state index contributed by atoms with van der Waals surface area (Å²) in [6, 6.07) is 7.26. The van der Waals surface area contributed by atoms with E-state index in [-0.39, 0.29) is 23.3 Å². The first kappa shape index (κ1) is 31.5. The molecule has 0 fully saturated rings. The van der Waals surface area contributed by atoms with Gasteiger partial charge in [0.2, 0.25) is 5.91 Å². The highest BCUT2D eigenvalue weighted by Crippen LogP contribution is 2.42. The first-order chi connectivity index (χ1) is 18.3. The molecule has 0 unspecified atom stereocenters. The number of aromatic nitrogens is 1. The molecule has 0 aliphatic carbocycles. The van der Waals surface area contributed by atoms with Crippen LogP contribution in [0.3, 0.4) is 0 Å². The molecule has 0 aliphatic heterocycles. The second-order valence-corrected chi connectivity index (χ2v) is 10.6. The Hall–Kier alpha value is -3.02. The van der Waals surface area contributed by atoms with E-state index in [1.54, 1.807) is 25.1 Å². The zero-order chi connectivity index (χ0) is 30.2. The van der Waals surface area contributed by atoms with E-state index < -0.39 is 46.5 Å². The second kappa shape index (κ2) is 11.5. The number of alkyl halides is 6. The van der Waals surface area contributed by atoms with Crippen LogP contribution < -0.4 is 10.2 Å². The van der Waals surface area contributed by atoms with Crippen LogP contribution in [0.5, 0.6) is 0 Å².